The van der Waals surface area contributed by atoms with E-state index in [0.29, 0.717) is 5.82 Å². The average Bonchev–Trinajstić information content (AvgIpc) is 2.49. The van der Waals surface area contributed by atoms with Crippen LogP contribution in [0.2, 0.25) is 5.02 Å². The number of hydrogen-bond donors (Lipinski definition) is 1. The molecule has 0 unspecified atom stereocenters. The third kappa shape index (κ3) is 3.46. The van der Waals surface area contributed by atoms with E-state index in [9.17, 15) is 0 Å². The molecule has 0 bridgehead atoms. The molecule has 1 heterocycles. The van der Waals surface area contributed by atoms with Gasteiger partial charge in [-0.3, -0.25) is 0 Å². The molecule has 106 valence electrons. The number of fused-ring (bicyclic) bond motifs is 1. The number of nitrogens with two attached hydrogens (primary N) is 1. The first-order chi connectivity index (χ1) is 10.2. The molecule has 2 N–H and O–H groups in total. The average molecular weight is 316 g/mol. The van der Waals surface area contributed by atoms with Crippen molar-refractivity contribution in [3.8, 4) is 0 Å². The van der Waals surface area contributed by atoms with E-state index < -0.39 is 0 Å². The number of aromatic nitrogens is 2. The largest absolute Gasteiger partial charge is 0.383 e. The number of thioether (sulfide) groups is 1. The first-order valence-corrected chi connectivity index (χ1v) is 8.09. The highest BCUT2D eigenvalue weighted by Crippen LogP contribution is 2.21. The van der Waals surface area contributed by atoms with Gasteiger partial charge in [-0.25, -0.2) is 9.97 Å². The van der Waals surface area contributed by atoms with Crippen molar-refractivity contribution in [2.45, 2.75) is 11.5 Å². The lowest BCUT2D eigenvalue weighted by Gasteiger charge is -2.05. The standard InChI is InChI=1S/C16H14ClN3S/c17-12-7-5-11(6-8-12)9-21-10-15-19-14-4-2-1-3-13(14)16(18)20-15/h1-8H,9-10H2,(H2,18,19,20). The summed E-state index contributed by atoms with van der Waals surface area (Å²) in [5.41, 5.74) is 8.11. The predicted molar refractivity (Wildman–Crippen MR) is 90.4 cm³/mol. The molecule has 3 nitrogen and oxygen atoms in total. The van der Waals surface area contributed by atoms with E-state index in [1.165, 1.54) is 5.56 Å². The van der Waals surface area contributed by atoms with Crippen molar-refractivity contribution in [1.29, 1.82) is 0 Å². The van der Waals surface area contributed by atoms with Gasteiger partial charge in [0, 0.05) is 16.2 Å². The molecule has 0 aliphatic rings. The molecule has 1 aromatic heterocycles. The van der Waals surface area contributed by atoms with Crippen molar-refractivity contribution in [1.82, 2.24) is 9.97 Å². The third-order valence-corrected chi connectivity index (χ3v) is 4.34. The van der Waals surface area contributed by atoms with Crippen LogP contribution in [0.15, 0.2) is 48.5 Å². The summed E-state index contributed by atoms with van der Waals surface area (Å²) in [5, 5.41) is 1.67. The molecule has 3 aromatic rings. The second kappa shape index (κ2) is 6.33. The number of nitrogens with zero attached hydrogens (tertiary/aromatic N) is 2. The second-order valence-corrected chi connectivity index (χ2v) is 6.08. The topological polar surface area (TPSA) is 51.8 Å². The molecule has 0 spiro atoms. The number of nitrogen functional groups attached to an aromatic ring is 1. The number of anilines is 1. The van der Waals surface area contributed by atoms with Gasteiger partial charge in [-0.05, 0) is 29.8 Å². The van der Waals surface area contributed by atoms with Crippen molar-refractivity contribution >= 4 is 40.1 Å². The number of hydrogen-bond acceptors (Lipinski definition) is 4. The Balaban J connectivity index is 1.69. The van der Waals surface area contributed by atoms with Gasteiger partial charge in [0.2, 0.25) is 0 Å². The first kappa shape index (κ1) is 14.2. The molecule has 21 heavy (non-hydrogen) atoms. The normalized spacial score (nSPS) is 10.9. The molecule has 0 aliphatic heterocycles. The van der Waals surface area contributed by atoms with Crippen LogP contribution in [0.25, 0.3) is 10.9 Å². The Bertz CT molecular complexity index is 759. The quantitative estimate of drug-likeness (QED) is 0.780. The summed E-state index contributed by atoms with van der Waals surface area (Å²) in [6, 6.07) is 15.7. The van der Waals surface area contributed by atoms with Gasteiger partial charge in [-0.2, -0.15) is 0 Å². The minimum atomic E-state index is 0.544. The minimum absolute atomic E-state index is 0.544. The maximum atomic E-state index is 5.98. The Labute approximate surface area is 132 Å². The summed E-state index contributed by atoms with van der Waals surface area (Å²) in [6.07, 6.45) is 0. The van der Waals surface area contributed by atoms with E-state index in [-0.39, 0.29) is 0 Å². The first-order valence-electron chi connectivity index (χ1n) is 6.56. The van der Waals surface area contributed by atoms with Crippen molar-refractivity contribution in [3.63, 3.8) is 0 Å². The summed E-state index contributed by atoms with van der Waals surface area (Å²) in [4.78, 5) is 8.92. The van der Waals surface area contributed by atoms with E-state index in [0.717, 1.165) is 33.3 Å². The predicted octanol–water partition coefficient (Wildman–Crippen LogP) is 4.30. The zero-order valence-corrected chi connectivity index (χ0v) is 12.9. The Morgan fingerprint density at radius 2 is 1.71 bits per heavy atom. The highest BCUT2D eigenvalue weighted by molar-refractivity contribution is 7.97. The molecule has 0 saturated carbocycles. The SMILES string of the molecule is Nc1nc(CSCc2ccc(Cl)cc2)nc2ccccc12. The summed E-state index contributed by atoms with van der Waals surface area (Å²) < 4.78 is 0. The van der Waals surface area contributed by atoms with Gasteiger partial charge < -0.3 is 5.73 Å². The van der Waals surface area contributed by atoms with E-state index in [1.54, 1.807) is 11.8 Å². The molecule has 2 aromatic carbocycles. The fraction of sp³-hybridized carbons (Fsp3) is 0.125. The summed E-state index contributed by atoms with van der Waals surface area (Å²) in [5.74, 6) is 2.94. The van der Waals surface area contributed by atoms with Crippen LogP contribution in [0.5, 0.6) is 0 Å². The van der Waals surface area contributed by atoms with Crippen molar-refractivity contribution in [3.05, 3.63) is 64.9 Å². The summed E-state index contributed by atoms with van der Waals surface area (Å²) >= 11 is 7.63. The molecule has 0 atom stereocenters. The van der Waals surface area contributed by atoms with Crippen LogP contribution in [0, 0.1) is 0 Å². The Morgan fingerprint density at radius 3 is 2.52 bits per heavy atom. The van der Waals surface area contributed by atoms with Crippen LogP contribution < -0.4 is 5.73 Å². The lowest BCUT2D eigenvalue weighted by Crippen LogP contribution is -2.00. The third-order valence-electron chi connectivity index (χ3n) is 3.09. The number of halogens is 1. The molecule has 0 fully saturated rings. The van der Waals surface area contributed by atoms with Gasteiger partial charge in [0.05, 0.1) is 11.3 Å². The minimum Gasteiger partial charge on any atom is -0.383 e. The maximum Gasteiger partial charge on any atom is 0.141 e. The fourth-order valence-electron chi connectivity index (χ4n) is 2.06. The molecular weight excluding hydrogens is 302 g/mol. The maximum absolute atomic E-state index is 5.98. The Kier molecular flexibility index (Phi) is 4.27. The lowest BCUT2D eigenvalue weighted by molar-refractivity contribution is 1.07. The monoisotopic (exact) mass is 315 g/mol. The molecule has 0 aliphatic carbocycles. The van der Waals surface area contributed by atoms with Crippen LogP contribution in [-0.4, -0.2) is 9.97 Å². The molecule has 0 radical (unpaired) electrons. The van der Waals surface area contributed by atoms with Crippen molar-refractivity contribution in [2.24, 2.45) is 0 Å². The lowest BCUT2D eigenvalue weighted by atomic mass is 10.2. The Morgan fingerprint density at radius 1 is 0.952 bits per heavy atom. The zero-order chi connectivity index (χ0) is 14.7. The summed E-state index contributed by atoms with van der Waals surface area (Å²) in [6.45, 7) is 0. The van der Waals surface area contributed by atoms with Crippen molar-refractivity contribution < 1.29 is 0 Å². The van der Waals surface area contributed by atoms with E-state index in [2.05, 4.69) is 9.97 Å². The zero-order valence-electron chi connectivity index (χ0n) is 11.3. The van der Waals surface area contributed by atoms with Gasteiger partial charge >= 0.3 is 0 Å². The van der Waals surface area contributed by atoms with Crippen molar-refractivity contribution in [2.75, 3.05) is 5.73 Å². The molecule has 0 saturated heterocycles. The second-order valence-electron chi connectivity index (χ2n) is 4.66. The molecule has 0 amide bonds. The van der Waals surface area contributed by atoms with Gasteiger partial charge in [-0.1, -0.05) is 35.9 Å². The van der Waals surface area contributed by atoms with Gasteiger partial charge in [0.1, 0.15) is 11.6 Å². The highest BCUT2D eigenvalue weighted by Gasteiger charge is 2.05. The van der Waals surface area contributed by atoms with Crippen LogP contribution in [0.4, 0.5) is 5.82 Å². The van der Waals surface area contributed by atoms with Crippen LogP contribution in [-0.2, 0) is 11.5 Å². The number of rotatable bonds is 4. The van der Waals surface area contributed by atoms with Gasteiger partial charge in [-0.15, -0.1) is 11.8 Å². The number of para-hydroxylation sites is 1. The molecule has 5 heteroatoms. The van der Waals surface area contributed by atoms with E-state index >= 15 is 0 Å². The summed E-state index contributed by atoms with van der Waals surface area (Å²) in [7, 11) is 0. The van der Waals surface area contributed by atoms with Gasteiger partial charge in [0.15, 0.2) is 0 Å². The van der Waals surface area contributed by atoms with Crippen LogP contribution in [0.1, 0.15) is 11.4 Å². The van der Waals surface area contributed by atoms with Gasteiger partial charge in [0.25, 0.3) is 0 Å². The fourth-order valence-corrected chi connectivity index (χ4v) is 3.02. The number of benzene rings is 2. The van der Waals surface area contributed by atoms with E-state index in [4.69, 9.17) is 17.3 Å². The molecule has 3 rings (SSSR count). The highest BCUT2D eigenvalue weighted by atomic mass is 35.5. The van der Waals surface area contributed by atoms with E-state index in [1.807, 2.05) is 48.5 Å². The van der Waals surface area contributed by atoms with Crippen LogP contribution in [0.3, 0.4) is 0 Å². The Hall–Kier alpha value is -1.78. The van der Waals surface area contributed by atoms with Crippen LogP contribution >= 0.6 is 23.4 Å². The smallest absolute Gasteiger partial charge is 0.141 e. The molecular formula is C16H14ClN3S.